The first kappa shape index (κ1) is 26.6. The topological polar surface area (TPSA) is 69.0 Å². The van der Waals surface area contributed by atoms with Crippen LogP contribution in [0.25, 0.3) is 0 Å². The van der Waals surface area contributed by atoms with Crippen molar-refractivity contribution in [2.24, 2.45) is 0 Å². The van der Waals surface area contributed by atoms with Crippen molar-refractivity contribution in [2.45, 2.75) is 44.8 Å². The van der Waals surface area contributed by atoms with Gasteiger partial charge in [0, 0.05) is 6.54 Å². The van der Waals surface area contributed by atoms with Crippen LogP contribution in [0.1, 0.15) is 35.5 Å². The molecule has 0 spiro atoms. The Kier molecular flexibility index (Phi) is 8.50. The molecule has 0 saturated carbocycles. The summed E-state index contributed by atoms with van der Waals surface area (Å²) in [5.41, 5.74) is 1.10. The number of amides is 1. The summed E-state index contributed by atoms with van der Waals surface area (Å²) in [4.78, 5) is 12.4. The monoisotopic (exact) mass is 524 g/mol. The fraction of sp³-hybridized carbons (Fsp3) is 0.292. The van der Waals surface area contributed by atoms with Crippen LogP contribution in [-0.2, 0) is 17.5 Å². The SMILES string of the molecule is C=CCn1c(SCC(=O)Nc2cc(C(F)(F)F)ccc2Cl)nnc1C(C)Oc1ccc(C)cc1C. The molecular formula is C24H24ClF3N4O2S. The Bertz CT molecular complexity index is 1230. The van der Waals surface area contributed by atoms with Crippen LogP contribution in [0.4, 0.5) is 18.9 Å². The lowest BCUT2D eigenvalue weighted by Gasteiger charge is -2.17. The Hall–Kier alpha value is -2.98. The zero-order chi connectivity index (χ0) is 25.8. The molecule has 0 aliphatic rings. The van der Waals surface area contributed by atoms with E-state index in [9.17, 15) is 18.0 Å². The third-order valence-electron chi connectivity index (χ3n) is 4.96. The lowest BCUT2D eigenvalue weighted by molar-refractivity contribution is -0.137. The first-order chi connectivity index (χ1) is 16.5. The fourth-order valence-electron chi connectivity index (χ4n) is 3.30. The molecule has 1 N–H and O–H groups in total. The Labute approximate surface area is 210 Å². The molecule has 6 nitrogen and oxygen atoms in total. The number of rotatable bonds is 9. The molecule has 1 aromatic heterocycles. The van der Waals surface area contributed by atoms with Crippen LogP contribution in [0.5, 0.6) is 5.75 Å². The second kappa shape index (κ2) is 11.2. The molecule has 0 radical (unpaired) electrons. The van der Waals surface area contributed by atoms with Crippen LogP contribution in [0.2, 0.25) is 5.02 Å². The minimum atomic E-state index is -4.55. The van der Waals surface area contributed by atoms with Gasteiger partial charge in [0.15, 0.2) is 17.1 Å². The van der Waals surface area contributed by atoms with Crippen molar-refractivity contribution < 1.29 is 22.7 Å². The van der Waals surface area contributed by atoms with E-state index in [4.69, 9.17) is 16.3 Å². The number of hydrogen-bond donors (Lipinski definition) is 1. The molecule has 2 aromatic carbocycles. The molecule has 1 heterocycles. The summed E-state index contributed by atoms with van der Waals surface area (Å²) in [5, 5.41) is 11.3. The number of halogens is 4. The van der Waals surface area contributed by atoms with Crippen molar-refractivity contribution >= 4 is 35.0 Å². The number of aromatic nitrogens is 3. The molecule has 186 valence electrons. The predicted octanol–water partition coefficient (Wildman–Crippen LogP) is 6.62. The standard InChI is InChI=1S/C24H24ClF3N4O2S/c1-5-10-32-22(16(4)34-20-9-6-14(2)11-15(20)3)30-31-23(32)35-13-21(33)29-19-12-17(24(26,27)28)7-8-18(19)25/h5-9,11-12,16H,1,10,13H2,2-4H3,(H,29,33). The molecule has 0 aliphatic carbocycles. The maximum Gasteiger partial charge on any atom is 0.416 e. The largest absolute Gasteiger partial charge is 0.482 e. The van der Waals surface area contributed by atoms with Crippen LogP contribution in [-0.4, -0.2) is 26.4 Å². The summed E-state index contributed by atoms with van der Waals surface area (Å²) < 4.78 is 46.8. The zero-order valence-corrected chi connectivity index (χ0v) is 20.9. The highest BCUT2D eigenvalue weighted by Crippen LogP contribution is 2.34. The van der Waals surface area contributed by atoms with Gasteiger partial charge in [0.25, 0.3) is 0 Å². The minimum Gasteiger partial charge on any atom is -0.482 e. The molecule has 0 aliphatic heterocycles. The first-order valence-corrected chi connectivity index (χ1v) is 11.9. The van der Waals surface area contributed by atoms with E-state index >= 15 is 0 Å². The summed E-state index contributed by atoms with van der Waals surface area (Å²) in [6, 6.07) is 8.63. The number of hydrogen-bond acceptors (Lipinski definition) is 5. The number of aryl methyl sites for hydroxylation is 2. The minimum absolute atomic E-state index is 0.00540. The first-order valence-electron chi connectivity index (χ1n) is 10.6. The van der Waals surface area contributed by atoms with Crippen molar-refractivity contribution in [3.8, 4) is 5.75 Å². The Balaban J connectivity index is 1.71. The number of nitrogens with one attached hydrogen (secondary N) is 1. The van der Waals surface area contributed by atoms with E-state index in [1.54, 1.807) is 10.6 Å². The van der Waals surface area contributed by atoms with Crippen LogP contribution < -0.4 is 10.1 Å². The number of ether oxygens (including phenoxy) is 1. The summed E-state index contributed by atoms with van der Waals surface area (Å²) >= 11 is 7.05. The fourth-order valence-corrected chi connectivity index (χ4v) is 4.22. The molecule has 11 heteroatoms. The van der Waals surface area contributed by atoms with E-state index in [2.05, 4.69) is 22.1 Å². The van der Waals surface area contributed by atoms with Crippen molar-refractivity contribution in [3.05, 3.63) is 76.6 Å². The lowest BCUT2D eigenvalue weighted by Crippen LogP contribution is -2.16. The van der Waals surface area contributed by atoms with E-state index < -0.39 is 23.8 Å². The number of nitrogens with zero attached hydrogens (tertiary/aromatic N) is 3. The molecule has 1 atom stereocenters. The van der Waals surface area contributed by atoms with E-state index in [1.165, 1.54) is 0 Å². The van der Waals surface area contributed by atoms with Gasteiger partial charge in [0.1, 0.15) is 5.75 Å². The highest BCUT2D eigenvalue weighted by atomic mass is 35.5. The van der Waals surface area contributed by atoms with E-state index in [-0.39, 0.29) is 16.5 Å². The normalized spacial score (nSPS) is 12.3. The van der Waals surface area contributed by atoms with Crippen LogP contribution in [0.3, 0.4) is 0 Å². The van der Waals surface area contributed by atoms with E-state index in [0.717, 1.165) is 46.8 Å². The summed E-state index contributed by atoms with van der Waals surface area (Å²) in [6.45, 7) is 9.95. The molecule has 3 aromatic rings. The zero-order valence-electron chi connectivity index (χ0n) is 19.3. The molecule has 35 heavy (non-hydrogen) atoms. The maximum absolute atomic E-state index is 13.0. The van der Waals surface area contributed by atoms with Crippen molar-refractivity contribution in [1.82, 2.24) is 14.8 Å². The third kappa shape index (κ3) is 6.79. The molecule has 1 unspecified atom stereocenters. The Morgan fingerprint density at radius 1 is 1.26 bits per heavy atom. The van der Waals surface area contributed by atoms with Gasteiger partial charge in [0.2, 0.25) is 5.91 Å². The average molecular weight is 525 g/mol. The Morgan fingerprint density at radius 3 is 2.66 bits per heavy atom. The molecule has 1 amide bonds. The highest BCUT2D eigenvalue weighted by Gasteiger charge is 2.31. The summed E-state index contributed by atoms with van der Waals surface area (Å²) in [5.74, 6) is 0.621. The number of anilines is 1. The van der Waals surface area contributed by atoms with Gasteiger partial charge >= 0.3 is 6.18 Å². The molecule has 0 saturated heterocycles. The number of carbonyl (C=O) groups is 1. The summed E-state index contributed by atoms with van der Waals surface area (Å²) in [6.07, 6.45) is -3.31. The van der Waals surface area contributed by atoms with E-state index in [1.807, 2.05) is 39.0 Å². The molecule has 3 rings (SSSR count). The van der Waals surface area contributed by atoms with Gasteiger partial charge in [-0.25, -0.2) is 0 Å². The Morgan fingerprint density at radius 2 is 2.00 bits per heavy atom. The third-order valence-corrected chi connectivity index (χ3v) is 6.25. The highest BCUT2D eigenvalue weighted by molar-refractivity contribution is 7.99. The molecule has 0 fully saturated rings. The van der Waals surface area contributed by atoms with Gasteiger partial charge in [-0.2, -0.15) is 13.2 Å². The second-order valence-electron chi connectivity index (χ2n) is 7.80. The van der Waals surface area contributed by atoms with Crippen molar-refractivity contribution in [2.75, 3.05) is 11.1 Å². The second-order valence-corrected chi connectivity index (χ2v) is 9.15. The van der Waals surface area contributed by atoms with Crippen LogP contribution in [0.15, 0.2) is 54.2 Å². The van der Waals surface area contributed by atoms with Gasteiger partial charge in [0.05, 0.1) is 22.0 Å². The number of carbonyl (C=O) groups excluding carboxylic acids is 1. The van der Waals surface area contributed by atoms with Gasteiger partial charge in [-0.15, -0.1) is 16.8 Å². The molecule has 0 bridgehead atoms. The predicted molar refractivity (Wildman–Crippen MR) is 131 cm³/mol. The smallest absolute Gasteiger partial charge is 0.416 e. The number of benzene rings is 2. The van der Waals surface area contributed by atoms with Gasteiger partial charge < -0.3 is 10.1 Å². The van der Waals surface area contributed by atoms with Gasteiger partial charge in [-0.1, -0.05) is 47.1 Å². The van der Waals surface area contributed by atoms with Crippen LogP contribution in [0, 0.1) is 13.8 Å². The lowest BCUT2D eigenvalue weighted by atomic mass is 10.1. The van der Waals surface area contributed by atoms with Crippen molar-refractivity contribution in [1.29, 1.82) is 0 Å². The average Bonchev–Trinajstić information content (AvgIpc) is 3.18. The number of allylic oxidation sites excluding steroid dienone is 1. The summed E-state index contributed by atoms with van der Waals surface area (Å²) in [7, 11) is 0. The van der Waals surface area contributed by atoms with Gasteiger partial charge in [-0.3, -0.25) is 9.36 Å². The van der Waals surface area contributed by atoms with Crippen molar-refractivity contribution in [3.63, 3.8) is 0 Å². The van der Waals surface area contributed by atoms with E-state index in [0.29, 0.717) is 17.5 Å². The number of thioether (sulfide) groups is 1. The molecular weight excluding hydrogens is 501 g/mol. The quantitative estimate of drug-likeness (QED) is 0.251. The maximum atomic E-state index is 13.0. The van der Waals surface area contributed by atoms with Crippen LogP contribution >= 0.6 is 23.4 Å². The number of alkyl halides is 3. The van der Waals surface area contributed by atoms with Gasteiger partial charge in [-0.05, 0) is 50.6 Å².